The average molecular weight is 382 g/mol. The molecule has 0 aromatic heterocycles. The first-order valence-electron chi connectivity index (χ1n) is 9.04. The van der Waals surface area contributed by atoms with E-state index in [1.807, 2.05) is 68.4 Å². The lowest BCUT2D eigenvalue weighted by atomic mass is 10.0. The molecule has 0 N–H and O–H groups in total. The van der Waals surface area contributed by atoms with E-state index in [0.717, 1.165) is 11.1 Å². The molecular weight excluding hydrogens is 358 g/mol. The molecule has 2 aromatic carbocycles. The van der Waals surface area contributed by atoms with Crippen molar-refractivity contribution in [2.24, 2.45) is 0 Å². The SMILES string of the molecule is C=CC(Cl)CC1=C(C)OC(c2ccc(C)cc2)N(Cc2ccccc2)C1=O. The Labute approximate surface area is 165 Å². The van der Waals surface area contributed by atoms with Crippen LogP contribution in [0.1, 0.15) is 36.3 Å². The number of benzene rings is 2. The van der Waals surface area contributed by atoms with Crippen LogP contribution in [-0.4, -0.2) is 16.2 Å². The van der Waals surface area contributed by atoms with Crippen molar-refractivity contribution in [1.29, 1.82) is 0 Å². The Bertz CT molecular complexity index is 842. The lowest BCUT2D eigenvalue weighted by Crippen LogP contribution is -2.41. The van der Waals surface area contributed by atoms with Crippen LogP contribution in [-0.2, 0) is 16.1 Å². The van der Waals surface area contributed by atoms with Gasteiger partial charge in [-0.25, -0.2) is 0 Å². The van der Waals surface area contributed by atoms with E-state index in [4.69, 9.17) is 16.3 Å². The molecule has 2 aromatic rings. The summed E-state index contributed by atoms with van der Waals surface area (Å²) in [4.78, 5) is 15.1. The van der Waals surface area contributed by atoms with Gasteiger partial charge in [0, 0.05) is 18.5 Å². The van der Waals surface area contributed by atoms with Gasteiger partial charge in [-0.05, 0) is 19.4 Å². The van der Waals surface area contributed by atoms with E-state index in [9.17, 15) is 4.79 Å². The maximum absolute atomic E-state index is 13.3. The number of aryl methyl sites for hydroxylation is 1. The third kappa shape index (κ3) is 4.42. The van der Waals surface area contributed by atoms with Gasteiger partial charge in [0.05, 0.1) is 11.0 Å². The minimum absolute atomic E-state index is 0.0410. The molecule has 1 aliphatic rings. The minimum Gasteiger partial charge on any atom is -0.470 e. The first-order chi connectivity index (χ1) is 13.0. The molecule has 0 spiro atoms. The van der Waals surface area contributed by atoms with Gasteiger partial charge < -0.3 is 4.74 Å². The third-order valence-electron chi connectivity index (χ3n) is 4.73. The minimum atomic E-state index is -0.459. The smallest absolute Gasteiger partial charge is 0.256 e. The Morgan fingerprint density at radius 2 is 1.81 bits per heavy atom. The van der Waals surface area contributed by atoms with Crippen molar-refractivity contribution in [1.82, 2.24) is 4.90 Å². The number of halogens is 1. The summed E-state index contributed by atoms with van der Waals surface area (Å²) in [6.07, 6.45) is 1.59. The van der Waals surface area contributed by atoms with Gasteiger partial charge in [0.2, 0.25) is 6.23 Å². The largest absolute Gasteiger partial charge is 0.470 e. The molecule has 1 heterocycles. The number of amides is 1. The van der Waals surface area contributed by atoms with E-state index in [2.05, 4.69) is 6.58 Å². The fraction of sp³-hybridized carbons (Fsp3) is 0.261. The molecule has 0 saturated heterocycles. The summed E-state index contributed by atoms with van der Waals surface area (Å²) in [6, 6.07) is 18.0. The number of rotatable bonds is 6. The second-order valence-corrected chi connectivity index (χ2v) is 7.35. The number of ether oxygens (including phenoxy) is 1. The van der Waals surface area contributed by atoms with Crippen molar-refractivity contribution in [3.8, 4) is 0 Å². The van der Waals surface area contributed by atoms with Crippen molar-refractivity contribution < 1.29 is 9.53 Å². The van der Waals surface area contributed by atoms with E-state index >= 15 is 0 Å². The van der Waals surface area contributed by atoms with Gasteiger partial charge in [0.25, 0.3) is 5.91 Å². The maximum Gasteiger partial charge on any atom is 0.256 e. The fourth-order valence-electron chi connectivity index (χ4n) is 3.16. The second-order valence-electron chi connectivity index (χ2n) is 6.79. The highest BCUT2D eigenvalue weighted by atomic mass is 35.5. The third-order valence-corrected chi connectivity index (χ3v) is 5.06. The molecular formula is C23H24ClNO2. The lowest BCUT2D eigenvalue weighted by Gasteiger charge is -2.38. The monoisotopic (exact) mass is 381 g/mol. The highest BCUT2D eigenvalue weighted by Gasteiger charge is 2.35. The molecule has 140 valence electrons. The Hall–Kier alpha value is -2.52. The molecule has 2 unspecified atom stereocenters. The molecule has 1 amide bonds. The summed E-state index contributed by atoms with van der Waals surface area (Å²) < 4.78 is 6.22. The first-order valence-corrected chi connectivity index (χ1v) is 9.47. The van der Waals surface area contributed by atoms with Crippen LogP contribution >= 0.6 is 11.6 Å². The molecule has 2 atom stereocenters. The number of allylic oxidation sites excluding steroid dienone is 2. The zero-order chi connectivity index (χ0) is 19.4. The summed E-state index contributed by atoms with van der Waals surface area (Å²) in [5.74, 6) is 0.586. The van der Waals surface area contributed by atoms with Gasteiger partial charge in [-0.1, -0.05) is 66.2 Å². The Morgan fingerprint density at radius 1 is 1.15 bits per heavy atom. The summed E-state index contributed by atoms with van der Waals surface area (Å²) in [5, 5.41) is -0.308. The van der Waals surface area contributed by atoms with Gasteiger partial charge in [0.15, 0.2) is 0 Å². The zero-order valence-electron chi connectivity index (χ0n) is 15.7. The summed E-state index contributed by atoms with van der Waals surface area (Å²) >= 11 is 6.23. The number of hydrogen-bond acceptors (Lipinski definition) is 2. The highest BCUT2D eigenvalue weighted by Crippen LogP contribution is 2.35. The number of carbonyl (C=O) groups is 1. The van der Waals surface area contributed by atoms with Crippen LogP contribution in [0.2, 0.25) is 0 Å². The van der Waals surface area contributed by atoms with Crippen LogP contribution < -0.4 is 0 Å². The Kier molecular flexibility index (Phi) is 6.02. The van der Waals surface area contributed by atoms with E-state index in [1.54, 1.807) is 11.0 Å². The van der Waals surface area contributed by atoms with Crippen LogP contribution in [0.5, 0.6) is 0 Å². The van der Waals surface area contributed by atoms with E-state index in [0.29, 0.717) is 24.3 Å². The molecule has 0 radical (unpaired) electrons. The fourth-order valence-corrected chi connectivity index (χ4v) is 3.31. The molecule has 3 rings (SSSR count). The van der Waals surface area contributed by atoms with E-state index in [1.165, 1.54) is 5.56 Å². The number of nitrogens with zero attached hydrogens (tertiary/aromatic N) is 1. The maximum atomic E-state index is 13.3. The first kappa shape index (κ1) is 19.2. The van der Waals surface area contributed by atoms with E-state index < -0.39 is 6.23 Å². The zero-order valence-corrected chi connectivity index (χ0v) is 16.4. The molecule has 4 heteroatoms. The quantitative estimate of drug-likeness (QED) is 0.487. The number of alkyl halides is 1. The predicted molar refractivity (Wildman–Crippen MR) is 109 cm³/mol. The summed E-state index contributed by atoms with van der Waals surface area (Å²) in [5.41, 5.74) is 3.78. The average Bonchev–Trinajstić information content (AvgIpc) is 2.68. The number of hydrogen-bond donors (Lipinski definition) is 0. The van der Waals surface area contributed by atoms with Gasteiger partial charge >= 0.3 is 0 Å². The van der Waals surface area contributed by atoms with Gasteiger partial charge in [-0.2, -0.15) is 0 Å². The standard InChI is InChI=1S/C23H24ClNO2/c1-4-20(24)14-21-17(3)27-23(19-12-10-16(2)11-13-19)25(22(21)26)15-18-8-6-5-7-9-18/h4-13,20,23H,1,14-15H2,2-3H3. The van der Waals surface area contributed by atoms with Gasteiger partial charge in [-0.3, -0.25) is 9.69 Å². The van der Waals surface area contributed by atoms with Crippen molar-refractivity contribution >= 4 is 17.5 Å². The van der Waals surface area contributed by atoms with Gasteiger partial charge in [-0.15, -0.1) is 18.2 Å². The molecule has 27 heavy (non-hydrogen) atoms. The van der Waals surface area contributed by atoms with Crippen LogP contribution in [0.4, 0.5) is 0 Å². The van der Waals surface area contributed by atoms with Crippen molar-refractivity contribution in [3.05, 3.63) is 95.3 Å². The van der Waals surface area contributed by atoms with Crippen LogP contribution in [0.15, 0.2) is 78.6 Å². The predicted octanol–water partition coefficient (Wildman–Crippen LogP) is 5.51. The van der Waals surface area contributed by atoms with Gasteiger partial charge in [0.1, 0.15) is 5.76 Å². The van der Waals surface area contributed by atoms with Crippen LogP contribution in [0.25, 0.3) is 0 Å². The second kappa shape index (κ2) is 8.45. The van der Waals surface area contributed by atoms with Crippen molar-refractivity contribution in [3.63, 3.8) is 0 Å². The Morgan fingerprint density at radius 3 is 2.44 bits per heavy atom. The topological polar surface area (TPSA) is 29.5 Å². The van der Waals surface area contributed by atoms with E-state index in [-0.39, 0.29) is 11.3 Å². The van der Waals surface area contributed by atoms with Crippen LogP contribution in [0.3, 0.4) is 0 Å². The molecule has 0 bridgehead atoms. The molecule has 3 nitrogen and oxygen atoms in total. The molecule has 1 aliphatic heterocycles. The molecule has 0 aliphatic carbocycles. The molecule has 0 fully saturated rings. The normalized spacial score (nSPS) is 18.3. The Balaban J connectivity index is 1.98. The van der Waals surface area contributed by atoms with Crippen molar-refractivity contribution in [2.75, 3.05) is 0 Å². The number of carbonyl (C=O) groups excluding carboxylic acids is 1. The summed E-state index contributed by atoms with van der Waals surface area (Å²) in [7, 11) is 0. The molecule has 0 saturated carbocycles. The summed E-state index contributed by atoms with van der Waals surface area (Å²) in [6.45, 7) is 8.06. The highest BCUT2D eigenvalue weighted by molar-refractivity contribution is 6.22. The lowest BCUT2D eigenvalue weighted by molar-refractivity contribution is -0.146. The van der Waals surface area contributed by atoms with Crippen LogP contribution in [0, 0.1) is 6.92 Å². The van der Waals surface area contributed by atoms with Crippen molar-refractivity contribution in [2.45, 2.75) is 38.4 Å².